The molecular formula is C13H15BFNO2S. The number of benzene rings is 1. The first-order valence-corrected chi connectivity index (χ1v) is 6.84. The lowest BCUT2D eigenvalue weighted by Gasteiger charge is -2.16. The lowest BCUT2D eigenvalue weighted by molar-refractivity contribution is 0.319. The summed E-state index contributed by atoms with van der Waals surface area (Å²) < 4.78 is 13.3. The van der Waals surface area contributed by atoms with Crippen LogP contribution in [-0.2, 0) is 13.1 Å². The van der Waals surface area contributed by atoms with E-state index in [1.807, 2.05) is 12.4 Å². The van der Waals surface area contributed by atoms with E-state index >= 15 is 0 Å². The van der Waals surface area contributed by atoms with Crippen molar-refractivity contribution >= 4 is 23.9 Å². The van der Waals surface area contributed by atoms with Gasteiger partial charge < -0.3 is 10.0 Å². The first-order valence-electron chi connectivity index (χ1n) is 5.90. The quantitative estimate of drug-likeness (QED) is 0.808. The first kappa shape index (κ1) is 14.2. The molecule has 0 radical (unpaired) electrons. The Balaban J connectivity index is 2.04. The number of halogens is 1. The van der Waals surface area contributed by atoms with E-state index in [9.17, 15) is 4.39 Å². The Morgan fingerprint density at radius 3 is 2.58 bits per heavy atom. The third kappa shape index (κ3) is 3.88. The molecular weight excluding hydrogens is 264 g/mol. The molecule has 1 heterocycles. The van der Waals surface area contributed by atoms with Gasteiger partial charge in [0, 0.05) is 18.6 Å². The molecule has 19 heavy (non-hydrogen) atoms. The molecule has 2 aromatic rings. The normalized spacial score (nSPS) is 11.0. The summed E-state index contributed by atoms with van der Waals surface area (Å²) in [6.07, 6.45) is 0. The smallest absolute Gasteiger partial charge is 0.423 e. The van der Waals surface area contributed by atoms with Gasteiger partial charge in [0.25, 0.3) is 0 Å². The van der Waals surface area contributed by atoms with Gasteiger partial charge in [-0.2, -0.15) is 11.3 Å². The molecule has 1 aromatic carbocycles. The molecule has 0 fully saturated rings. The van der Waals surface area contributed by atoms with Gasteiger partial charge >= 0.3 is 7.12 Å². The standard InChI is InChI=1S/C13H15BFNO2S/c1-16(8-11-4-5-19-9-11)7-10-2-3-13(15)12(6-10)14(17)18/h2-6,9,17-18H,7-8H2,1H3. The highest BCUT2D eigenvalue weighted by Gasteiger charge is 2.17. The van der Waals surface area contributed by atoms with E-state index in [0.29, 0.717) is 6.54 Å². The molecule has 0 atom stereocenters. The topological polar surface area (TPSA) is 43.7 Å². The molecule has 0 saturated heterocycles. The zero-order valence-electron chi connectivity index (χ0n) is 10.6. The maximum Gasteiger partial charge on any atom is 0.491 e. The molecule has 0 amide bonds. The fourth-order valence-corrected chi connectivity index (χ4v) is 2.61. The van der Waals surface area contributed by atoms with Crippen molar-refractivity contribution in [3.8, 4) is 0 Å². The van der Waals surface area contributed by atoms with Gasteiger partial charge in [-0.25, -0.2) is 4.39 Å². The van der Waals surface area contributed by atoms with Gasteiger partial charge in [-0.05, 0) is 41.1 Å². The Morgan fingerprint density at radius 2 is 1.95 bits per heavy atom. The Kier molecular flexibility index (Phi) is 4.71. The van der Waals surface area contributed by atoms with Crippen molar-refractivity contribution in [1.82, 2.24) is 4.90 Å². The van der Waals surface area contributed by atoms with Crippen molar-refractivity contribution in [2.75, 3.05) is 7.05 Å². The van der Waals surface area contributed by atoms with Crippen LogP contribution in [-0.4, -0.2) is 29.1 Å². The minimum Gasteiger partial charge on any atom is -0.423 e. The van der Waals surface area contributed by atoms with Crippen molar-refractivity contribution < 1.29 is 14.4 Å². The Bertz CT molecular complexity index is 533. The number of hydrogen-bond donors (Lipinski definition) is 2. The zero-order chi connectivity index (χ0) is 13.8. The van der Waals surface area contributed by atoms with Crippen LogP contribution < -0.4 is 5.46 Å². The summed E-state index contributed by atoms with van der Waals surface area (Å²) in [6, 6.07) is 6.48. The van der Waals surface area contributed by atoms with Crippen LogP contribution in [0.1, 0.15) is 11.1 Å². The van der Waals surface area contributed by atoms with Crippen molar-refractivity contribution in [2.45, 2.75) is 13.1 Å². The predicted molar refractivity (Wildman–Crippen MR) is 75.7 cm³/mol. The SMILES string of the molecule is CN(Cc1ccsc1)Cc1ccc(F)c(B(O)O)c1. The van der Waals surface area contributed by atoms with Crippen molar-refractivity contribution in [3.05, 3.63) is 52.0 Å². The highest BCUT2D eigenvalue weighted by molar-refractivity contribution is 7.07. The summed E-state index contributed by atoms with van der Waals surface area (Å²) in [5.74, 6) is -0.598. The monoisotopic (exact) mass is 279 g/mol. The lowest BCUT2D eigenvalue weighted by Crippen LogP contribution is -2.33. The molecule has 2 rings (SSSR count). The van der Waals surface area contributed by atoms with E-state index in [2.05, 4.69) is 16.3 Å². The average Bonchev–Trinajstić information content (AvgIpc) is 2.84. The molecule has 2 N–H and O–H groups in total. The van der Waals surface area contributed by atoms with Gasteiger partial charge in [0.05, 0.1) is 0 Å². The molecule has 100 valence electrons. The van der Waals surface area contributed by atoms with Crippen molar-refractivity contribution in [3.63, 3.8) is 0 Å². The molecule has 6 heteroatoms. The van der Waals surface area contributed by atoms with Gasteiger partial charge in [0.2, 0.25) is 0 Å². The van der Waals surface area contributed by atoms with Gasteiger partial charge in [-0.3, -0.25) is 4.90 Å². The summed E-state index contributed by atoms with van der Waals surface area (Å²) in [5, 5.41) is 22.3. The van der Waals surface area contributed by atoms with Crippen LogP contribution in [0.2, 0.25) is 0 Å². The van der Waals surface area contributed by atoms with E-state index in [1.54, 1.807) is 17.4 Å². The fourth-order valence-electron chi connectivity index (χ4n) is 1.95. The van der Waals surface area contributed by atoms with Crippen molar-refractivity contribution in [1.29, 1.82) is 0 Å². The molecule has 0 spiro atoms. The molecule has 0 unspecified atom stereocenters. The lowest BCUT2D eigenvalue weighted by atomic mass is 9.79. The second-order valence-electron chi connectivity index (χ2n) is 4.53. The third-order valence-electron chi connectivity index (χ3n) is 2.82. The second-order valence-corrected chi connectivity index (χ2v) is 5.31. The molecule has 0 aliphatic carbocycles. The molecule has 3 nitrogen and oxygen atoms in total. The molecule has 0 aliphatic heterocycles. The second kappa shape index (κ2) is 6.30. The first-order chi connectivity index (χ1) is 9.06. The number of thiophene rings is 1. The third-order valence-corrected chi connectivity index (χ3v) is 3.56. The Hall–Kier alpha value is -1.21. The minimum absolute atomic E-state index is 0.0820. The van der Waals surface area contributed by atoms with E-state index in [-0.39, 0.29) is 5.46 Å². The number of rotatable bonds is 5. The van der Waals surface area contributed by atoms with Crippen LogP contribution in [0, 0.1) is 5.82 Å². The zero-order valence-corrected chi connectivity index (χ0v) is 11.4. The highest BCUT2D eigenvalue weighted by Crippen LogP contribution is 2.11. The van der Waals surface area contributed by atoms with Crippen LogP contribution in [0.5, 0.6) is 0 Å². The number of hydrogen-bond acceptors (Lipinski definition) is 4. The van der Waals surface area contributed by atoms with Crippen LogP contribution in [0.4, 0.5) is 4.39 Å². The van der Waals surface area contributed by atoms with Gasteiger partial charge in [-0.15, -0.1) is 0 Å². The Morgan fingerprint density at radius 1 is 1.21 bits per heavy atom. The van der Waals surface area contributed by atoms with Gasteiger partial charge in [0.1, 0.15) is 5.82 Å². The van der Waals surface area contributed by atoms with Crippen LogP contribution in [0.25, 0.3) is 0 Å². The Labute approximate surface area is 116 Å². The summed E-state index contributed by atoms with van der Waals surface area (Å²) in [5.41, 5.74) is 2.00. The molecule has 0 saturated carbocycles. The average molecular weight is 279 g/mol. The maximum absolute atomic E-state index is 13.3. The van der Waals surface area contributed by atoms with Crippen molar-refractivity contribution in [2.24, 2.45) is 0 Å². The largest absolute Gasteiger partial charge is 0.491 e. The summed E-state index contributed by atoms with van der Waals surface area (Å²) >= 11 is 1.65. The number of nitrogens with zero attached hydrogens (tertiary/aromatic N) is 1. The van der Waals surface area contributed by atoms with Crippen LogP contribution in [0.15, 0.2) is 35.0 Å². The van der Waals surface area contributed by atoms with E-state index in [0.717, 1.165) is 12.1 Å². The molecule has 1 aromatic heterocycles. The van der Waals surface area contributed by atoms with Gasteiger partial charge in [0.15, 0.2) is 0 Å². The summed E-state index contributed by atoms with van der Waals surface area (Å²) in [6.45, 7) is 1.42. The molecule has 0 aliphatic rings. The highest BCUT2D eigenvalue weighted by atomic mass is 32.1. The fraction of sp³-hybridized carbons (Fsp3) is 0.231. The molecule has 0 bridgehead atoms. The summed E-state index contributed by atoms with van der Waals surface area (Å²) in [4.78, 5) is 2.09. The van der Waals surface area contributed by atoms with Gasteiger partial charge in [-0.1, -0.05) is 12.1 Å². The van der Waals surface area contributed by atoms with E-state index < -0.39 is 12.9 Å². The maximum atomic E-state index is 13.3. The minimum atomic E-state index is -1.78. The van der Waals surface area contributed by atoms with Crippen LogP contribution >= 0.6 is 11.3 Å². The predicted octanol–water partition coefficient (Wildman–Crippen LogP) is 1.20. The van der Waals surface area contributed by atoms with E-state index in [1.165, 1.54) is 17.7 Å². The summed E-state index contributed by atoms with van der Waals surface area (Å²) in [7, 11) is 0.193. The van der Waals surface area contributed by atoms with E-state index in [4.69, 9.17) is 10.0 Å². The van der Waals surface area contributed by atoms with Crippen LogP contribution in [0.3, 0.4) is 0 Å².